The largest absolute Gasteiger partial charge is 0.456 e. The Bertz CT molecular complexity index is 474. The van der Waals surface area contributed by atoms with E-state index >= 15 is 0 Å². The molecule has 1 aromatic rings. The van der Waals surface area contributed by atoms with Crippen molar-refractivity contribution in [2.24, 2.45) is 0 Å². The number of hydrogen-bond acceptors (Lipinski definition) is 4. The average Bonchev–Trinajstić information content (AvgIpc) is 2.28. The number of nitrogens with zero attached hydrogens (tertiary/aromatic N) is 1. The number of pyridine rings is 1. The Morgan fingerprint density at radius 1 is 1.69 bits per heavy atom. The van der Waals surface area contributed by atoms with Gasteiger partial charge in [-0.05, 0) is 18.9 Å². The van der Waals surface area contributed by atoms with Gasteiger partial charge in [-0.15, -0.1) is 0 Å². The summed E-state index contributed by atoms with van der Waals surface area (Å²) in [7, 11) is 0. The van der Waals surface area contributed by atoms with E-state index < -0.39 is 11.8 Å². The molecule has 0 fully saturated rings. The van der Waals surface area contributed by atoms with Gasteiger partial charge in [-0.3, -0.25) is 4.79 Å². The van der Waals surface area contributed by atoms with Gasteiger partial charge < -0.3 is 4.74 Å². The lowest BCUT2D eigenvalue weighted by molar-refractivity contribution is -0.136. The molecule has 0 spiro atoms. The monoisotopic (exact) mass is 221 g/mol. The minimum absolute atomic E-state index is 0.136. The molecule has 0 unspecified atom stereocenters. The number of halogens is 1. The first-order chi connectivity index (χ1) is 7.67. The number of carbonyl (C=O) groups is 2. The van der Waals surface area contributed by atoms with E-state index in [1.807, 2.05) is 0 Å². The minimum atomic E-state index is -0.725. The van der Waals surface area contributed by atoms with E-state index in [2.05, 4.69) is 21.6 Å². The van der Waals surface area contributed by atoms with Gasteiger partial charge in [0.2, 0.25) is 0 Å². The van der Waals surface area contributed by atoms with Crippen molar-refractivity contribution in [3.05, 3.63) is 29.3 Å². The fraction of sp³-hybridized carbons (Fsp3) is 0.182. The summed E-state index contributed by atoms with van der Waals surface area (Å²) < 4.78 is 17.4. The molecule has 0 aromatic carbocycles. The molecule has 0 saturated heterocycles. The molecule has 0 aliphatic rings. The van der Waals surface area contributed by atoms with Gasteiger partial charge >= 0.3 is 5.97 Å². The van der Waals surface area contributed by atoms with Gasteiger partial charge in [-0.1, -0.05) is 0 Å². The molecule has 0 saturated carbocycles. The van der Waals surface area contributed by atoms with E-state index in [-0.39, 0.29) is 17.9 Å². The summed E-state index contributed by atoms with van der Waals surface area (Å²) in [5.74, 6) is 3.11. The van der Waals surface area contributed by atoms with Crippen molar-refractivity contribution in [2.45, 2.75) is 6.92 Å². The van der Waals surface area contributed by atoms with Gasteiger partial charge in [0, 0.05) is 5.92 Å². The van der Waals surface area contributed by atoms with Gasteiger partial charge in [0.15, 0.2) is 12.1 Å². The zero-order chi connectivity index (χ0) is 12.0. The Morgan fingerprint density at radius 2 is 2.44 bits per heavy atom. The van der Waals surface area contributed by atoms with Crippen molar-refractivity contribution in [3.8, 4) is 11.8 Å². The van der Waals surface area contributed by atoms with Crippen molar-refractivity contribution >= 4 is 12.3 Å². The number of carbonyl (C=O) groups excluding carboxylic acids is 2. The molecule has 0 N–H and O–H groups in total. The third-order valence-corrected chi connectivity index (χ3v) is 1.58. The SMILES string of the molecule is CCOC(=O)C#Cc1cc(C=O)c(F)cn1. The molecule has 0 radical (unpaired) electrons. The van der Waals surface area contributed by atoms with Crippen LogP contribution in [0.1, 0.15) is 23.0 Å². The summed E-state index contributed by atoms with van der Waals surface area (Å²) in [6.45, 7) is 1.88. The highest BCUT2D eigenvalue weighted by molar-refractivity contribution is 5.89. The van der Waals surface area contributed by atoms with E-state index in [1.54, 1.807) is 6.92 Å². The number of hydrogen-bond donors (Lipinski definition) is 0. The van der Waals surface area contributed by atoms with Crippen LogP contribution in [0, 0.1) is 17.7 Å². The van der Waals surface area contributed by atoms with Crippen LogP contribution in [-0.2, 0) is 9.53 Å². The zero-order valence-electron chi connectivity index (χ0n) is 8.49. The molecule has 0 bridgehead atoms. The van der Waals surface area contributed by atoms with Crippen molar-refractivity contribution in [2.75, 3.05) is 6.61 Å². The molecule has 4 nitrogen and oxygen atoms in total. The van der Waals surface area contributed by atoms with Crippen LogP contribution in [-0.4, -0.2) is 23.8 Å². The molecule has 1 heterocycles. The summed E-state index contributed by atoms with van der Waals surface area (Å²) in [6.07, 6.45) is 1.23. The van der Waals surface area contributed by atoms with E-state index in [0.29, 0.717) is 6.29 Å². The Morgan fingerprint density at radius 3 is 3.06 bits per heavy atom. The lowest BCUT2D eigenvalue weighted by Crippen LogP contribution is -2.00. The fourth-order valence-corrected chi connectivity index (χ4v) is 0.895. The molecule has 0 amide bonds. The zero-order valence-corrected chi connectivity index (χ0v) is 8.49. The first kappa shape index (κ1) is 11.9. The van der Waals surface area contributed by atoms with Gasteiger partial charge in [0.25, 0.3) is 0 Å². The highest BCUT2D eigenvalue weighted by Gasteiger charge is 2.02. The van der Waals surface area contributed by atoms with Crippen LogP contribution in [0.2, 0.25) is 0 Å². The predicted octanol–water partition coefficient (Wildman–Crippen LogP) is 0.948. The molecule has 1 rings (SSSR count). The predicted molar refractivity (Wildman–Crippen MR) is 53.1 cm³/mol. The second-order valence-electron chi connectivity index (χ2n) is 2.68. The van der Waals surface area contributed by atoms with Gasteiger partial charge in [-0.2, -0.15) is 0 Å². The average molecular weight is 221 g/mol. The van der Waals surface area contributed by atoms with Gasteiger partial charge in [0.05, 0.1) is 18.4 Å². The number of aromatic nitrogens is 1. The maximum atomic E-state index is 12.9. The summed E-state index contributed by atoms with van der Waals surface area (Å²) in [4.78, 5) is 24.9. The number of esters is 1. The van der Waals surface area contributed by atoms with Crippen LogP contribution < -0.4 is 0 Å². The number of rotatable bonds is 2. The van der Waals surface area contributed by atoms with Gasteiger partial charge in [-0.25, -0.2) is 14.2 Å². The van der Waals surface area contributed by atoms with E-state index in [1.165, 1.54) is 0 Å². The van der Waals surface area contributed by atoms with Crippen LogP contribution in [0.25, 0.3) is 0 Å². The van der Waals surface area contributed by atoms with E-state index in [0.717, 1.165) is 12.3 Å². The van der Waals surface area contributed by atoms with Crippen LogP contribution >= 0.6 is 0 Å². The van der Waals surface area contributed by atoms with Crippen molar-refractivity contribution in [3.63, 3.8) is 0 Å². The molecular formula is C11H8FNO3. The third-order valence-electron chi connectivity index (χ3n) is 1.58. The number of ether oxygens (including phenoxy) is 1. The Labute approximate surface area is 91.4 Å². The van der Waals surface area contributed by atoms with Crippen LogP contribution in [0.4, 0.5) is 4.39 Å². The lowest BCUT2D eigenvalue weighted by Gasteiger charge is -1.94. The summed E-state index contributed by atoms with van der Waals surface area (Å²) in [6, 6.07) is 1.16. The molecule has 5 heteroatoms. The normalized spacial score (nSPS) is 8.88. The fourth-order valence-electron chi connectivity index (χ4n) is 0.895. The van der Waals surface area contributed by atoms with Crippen molar-refractivity contribution in [1.29, 1.82) is 0 Å². The van der Waals surface area contributed by atoms with Crippen LogP contribution in [0.3, 0.4) is 0 Å². The van der Waals surface area contributed by atoms with Crippen LogP contribution in [0.15, 0.2) is 12.3 Å². The molecule has 0 atom stereocenters. The molecule has 1 aromatic heterocycles. The second-order valence-corrected chi connectivity index (χ2v) is 2.68. The minimum Gasteiger partial charge on any atom is -0.456 e. The van der Waals surface area contributed by atoms with Crippen molar-refractivity contribution < 1.29 is 18.7 Å². The van der Waals surface area contributed by atoms with Crippen LogP contribution in [0.5, 0.6) is 0 Å². The molecule has 82 valence electrons. The van der Waals surface area contributed by atoms with Crippen molar-refractivity contribution in [1.82, 2.24) is 4.98 Å². The second kappa shape index (κ2) is 5.61. The first-order valence-corrected chi connectivity index (χ1v) is 4.47. The molecule has 0 aliphatic heterocycles. The quantitative estimate of drug-likeness (QED) is 0.424. The summed E-state index contributed by atoms with van der Waals surface area (Å²) in [5.41, 5.74) is -0.0142. The Balaban J connectivity index is 2.89. The van der Waals surface area contributed by atoms with E-state index in [4.69, 9.17) is 0 Å². The maximum Gasteiger partial charge on any atom is 0.384 e. The highest BCUT2D eigenvalue weighted by atomic mass is 19.1. The maximum absolute atomic E-state index is 12.9. The molecule has 16 heavy (non-hydrogen) atoms. The summed E-state index contributed by atoms with van der Waals surface area (Å²) in [5, 5.41) is 0. The van der Waals surface area contributed by atoms with E-state index in [9.17, 15) is 14.0 Å². The smallest absolute Gasteiger partial charge is 0.384 e. The van der Waals surface area contributed by atoms with Gasteiger partial charge in [0.1, 0.15) is 5.69 Å². The Hall–Kier alpha value is -2.22. The number of aldehydes is 1. The Kier molecular flexibility index (Phi) is 4.16. The lowest BCUT2D eigenvalue weighted by atomic mass is 10.2. The molecule has 0 aliphatic carbocycles. The summed E-state index contributed by atoms with van der Waals surface area (Å²) >= 11 is 0. The molecular weight excluding hydrogens is 213 g/mol. The highest BCUT2D eigenvalue weighted by Crippen LogP contribution is 2.03. The third kappa shape index (κ3) is 3.17. The topological polar surface area (TPSA) is 56.3 Å². The standard InChI is InChI=1S/C11H8FNO3/c1-2-16-11(15)4-3-9-5-8(7-14)10(12)6-13-9/h5-7H,2H2,1H3. The first-order valence-electron chi connectivity index (χ1n) is 4.47.